The summed E-state index contributed by atoms with van der Waals surface area (Å²) in [6, 6.07) is 32.0. The summed E-state index contributed by atoms with van der Waals surface area (Å²) in [4.78, 5) is 4.58. The van der Waals surface area contributed by atoms with Crippen molar-refractivity contribution in [3.8, 4) is 5.75 Å². The zero-order chi connectivity index (χ0) is 20.5. The summed E-state index contributed by atoms with van der Waals surface area (Å²) in [7, 11) is 3.32. The van der Waals surface area contributed by atoms with Gasteiger partial charge in [0.05, 0.1) is 12.1 Å². The Kier molecular flexibility index (Phi) is 5.22. The quantitative estimate of drug-likeness (QED) is 0.373. The largest absolute Gasteiger partial charge is 0.442 e. The molecule has 0 aliphatic carbocycles. The highest BCUT2D eigenvalue weighted by Gasteiger charge is 2.47. The van der Waals surface area contributed by atoms with E-state index in [-0.39, 0.29) is 12.1 Å². The van der Waals surface area contributed by atoms with Gasteiger partial charge in [0.2, 0.25) is 8.45 Å². The molecule has 30 heavy (non-hydrogen) atoms. The molecule has 4 aromatic rings. The van der Waals surface area contributed by atoms with Crippen molar-refractivity contribution < 1.29 is 4.52 Å². The number of nitrogens with zero attached hydrogens (tertiary/aromatic N) is 3. The molecule has 2 heterocycles. The van der Waals surface area contributed by atoms with Gasteiger partial charge in [0, 0.05) is 11.6 Å². The molecule has 4 nitrogen and oxygen atoms in total. The Hall–Kier alpha value is -2.78. The van der Waals surface area contributed by atoms with Crippen molar-refractivity contribution in [3.05, 3.63) is 108 Å². The van der Waals surface area contributed by atoms with Gasteiger partial charge in [0.1, 0.15) is 5.52 Å². The van der Waals surface area contributed by atoms with E-state index in [1.54, 1.807) is 0 Å². The first-order valence-corrected chi connectivity index (χ1v) is 11.3. The molecule has 1 fully saturated rings. The Morgan fingerprint density at radius 3 is 1.87 bits per heavy atom. The van der Waals surface area contributed by atoms with Gasteiger partial charge < -0.3 is 4.52 Å². The van der Waals surface area contributed by atoms with Gasteiger partial charge in [0.25, 0.3) is 0 Å². The number of para-hydroxylation sites is 1. The normalized spacial score (nSPS) is 20.6. The minimum absolute atomic E-state index is 0.202. The van der Waals surface area contributed by atoms with Gasteiger partial charge in [-0.2, -0.15) is 0 Å². The summed E-state index contributed by atoms with van der Waals surface area (Å²) >= 11 is 0. The molecule has 0 saturated carbocycles. The second-order valence-electron chi connectivity index (χ2n) is 7.53. The molecule has 2 atom stereocenters. The van der Waals surface area contributed by atoms with E-state index < -0.39 is 8.45 Å². The van der Waals surface area contributed by atoms with Gasteiger partial charge in [-0.15, -0.1) is 0 Å². The lowest BCUT2D eigenvalue weighted by Crippen LogP contribution is -2.20. The summed E-state index contributed by atoms with van der Waals surface area (Å²) in [6.45, 7) is 0. The van der Waals surface area contributed by atoms with Crippen LogP contribution in [-0.2, 0) is 0 Å². The molecule has 1 aliphatic heterocycles. The number of rotatable bonds is 4. The molecule has 1 aromatic heterocycles. The Balaban J connectivity index is 1.56. The molecule has 0 N–H and O–H groups in total. The van der Waals surface area contributed by atoms with Gasteiger partial charge in [-0.25, -0.2) is 9.34 Å². The fraction of sp³-hybridized carbons (Fsp3) is 0.160. The van der Waals surface area contributed by atoms with E-state index in [1.165, 1.54) is 11.1 Å². The van der Waals surface area contributed by atoms with Crippen LogP contribution >= 0.6 is 8.45 Å². The van der Waals surface area contributed by atoms with Crippen molar-refractivity contribution in [2.45, 2.75) is 12.1 Å². The zero-order valence-corrected chi connectivity index (χ0v) is 18.0. The molecule has 0 unspecified atom stereocenters. The second-order valence-corrected chi connectivity index (χ2v) is 9.48. The summed E-state index contributed by atoms with van der Waals surface area (Å²) in [5, 5.41) is 1.09. The second kappa shape index (κ2) is 8.16. The molecular weight excluding hydrogens is 389 g/mol. The number of fused-ring (bicyclic) bond motifs is 1. The third kappa shape index (κ3) is 3.37. The number of likely N-dealkylation sites (N-methyl/N-ethyl adjacent to an activating group) is 2. The maximum atomic E-state index is 6.67. The zero-order valence-electron chi connectivity index (χ0n) is 17.1. The molecule has 0 radical (unpaired) electrons. The van der Waals surface area contributed by atoms with Gasteiger partial charge >= 0.3 is 0 Å². The van der Waals surface area contributed by atoms with Crippen molar-refractivity contribution in [1.82, 2.24) is 14.3 Å². The van der Waals surface area contributed by atoms with Crippen LogP contribution in [-0.4, -0.2) is 28.4 Å². The number of pyridine rings is 1. The van der Waals surface area contributed by atoms with Crippen LogP contribution in [0.4, 0.5) is 0 Å². The van der Waals surface area contributed by atoms with Crippen molar-refractivity contribution in [1.29, 1.82) is 0 Å². The van der Waals surface area contributed by atoms with Crippen LogP contribution in [0.5, 0.6) is 5.75 Å². The predicted molar refractivity (Wildman–Crippen MR) is 123 cm³/mol. The highest BCUT2D eigenvalue weighted by atomic mass is 31.2. The molecule has 5 heteroatoms. The van der Waals surface area contributed by atoms with Gasteiger partial charge in [-0.05, 0) is 37.4 Å². The van der Waals surface area contributed by atoms with Crippen LogP contribution in [0.15, 0.2) is 97.2 Å². The lowest BCUT2D eigenvalue weighted by atomic mass is 9.93. The van der Waals surface area contributed by atoms with E-state index in [1.807, 2.05) is 24.4 Å². The van der Waals surface area contributed by atoms with E-state index in [0.717, 1.165) is 16.7 Å². The molecule has 5 rings (SSSR count). The Morgan fingerprint density at radius 2 is 1.27 bits per heavy atom. The maximum absolute atomic E-state index is 6.67. The third-order valence-electron chi connectivity index (χ3n) is 5.70. The van der Waals surface area contributed by atoms with Crippen LogP contribution in [0.1, 0.15) is 23.2 Å². The van der Waals surface area contributed by atoms with Gasteiger partial charge in [-0.1, -0.05) is 78.9 Å². The van der Waals surface area contributed by atoms with E-state index in [0.29, 0.717) is 0 Å². The van der Waals surface area contributed by atoms with Gasteiger partial charge in [-0.3, -0.25) is 4.98 Å². The monoisotopic (exact) mass is 413 g/mol. The van der Waals surface area contributed by atoms with Crippen molar-refractivity contribution >= 4 is 19.4 Å². The predicted octanol–water partition coefficient (Wildman–Crippen LogP) is 6.20. The van der Waals surface area contributed by atoms with E-state index >= 15 is 0 Å². The Labute approximate surface area is 178 Å². The van der Waals surface area contributed by atoms with Crippen LogP contribution in [0.25, 0.3) is 10.9 Å². The minimum atomic E-state index is -1.02. The topological polar surface area (TPSA) is 28.6 Å². The lowest BCUT2D eigenvalue weighted by Gasteiger charge is -2.26. The van der Waals surface area contributed by atoms with Crippen molar-refractivity contribution in [2.24, 2.45) is 0 Å². The molecule has 1 saturated heterocycles. The average molecular weight is 413 g/mol. The number of hydrogen-bond donors (Lipinski definition) is 0. The number of benzene rings is 3. The third-order valence-corrected chi connectivity index (χ3v) is 7.64. The first-order valence-electron chi connectivity index (χ1n) is 10.1. The van der Waals surface area contributed by atoms with Crippen LogP contribution in [0.2, 0.25) is 0 Å². The summed E-state index contributed by atoms with van der Waals surface area (Å²) in [5.74, 6) is 0.832. The molecule has 0 amide bonds. The highest BCUT2D eigenvalue weighted by molar-refractivity contribution is 7.48. The highest BCUT2D eigenvalue weighted by Crippen LogP contribution is 2.62. The smallest absolute Gasteiger partial charge is 0.248 e. The molecule has 150 valence electrons. The first kappa shape index (κ1) is 19.2. The fourth-order valence-corrected chi connectivity index (χ4v) is 6.28. The summed E-state index contributed by atoms with van der Waals surface area (Å²) in [6.07, 6.45) is 1.82. The molecule has 3 aromatic carbocycles. The first-order chi connectivity index (χ1) is 14.7. The average Bonchev–Trinajstić information content (AvgIpc) is 3.05. The Morgan fingerprint density at radius 1 is 0.700 bits per heavy atom. The SMILES string of the molecule is CN1[C@H](c2ccccc2)[C@@H](c2ccccc2)N(C)P1Oc1cccc2cccnc12. The minimum Gasteiger partial charge on any atom is -0.442 e. The molecule has 0 spiro atoms. The molecule has 1 aliphatic rings. The lowest BCUT2D eigenvalue weighted by molar-refractivity contribution is 0.316. The molecule has 0 bridgehead atoms. The number of aromatic nitrogens is 1. The van der Waals surface area contributed by atoms with Crippen LogP contribution in [0.3, 0.4) is 0 Å². The van der Waals surface area contributed by atoms with E-state index in [9.17, 15) is 0 Å². The van der Waals surface area contributed by atoms with Gasteiger partial charge in [0.15, 0.2) is 5.75 Å². The summed E-state index contributed by atoms with van der Waals surface area (Å²) < 4.78 is 11.4. The van der Waals surface area contributed by atoms with Crippen molar-refractivity contribution in [2.75, 3.05) is 14.1 Å². The Bertz CT molecular complexity index is 1080. The van der Waals surface area contributed by atoms with Crippen molar-refractivity contribution in [3.63, 3.8) is 0 Å². The van der Waals surface area contributed by atoms with Crippen LogP contribution < -0.4 is 4.52 Å². The standard InChI is InChI=1S/C25H24N3OP/c1-27-24(20-11-5-3-6-12-20)25(21-13-7-4-8-14-21)28(2)30(27)29-22-17-9-15-19-16-10-18-26-23(19)22/h3-18,24-25H,1-2H3/t24-,25-/m1/s1. The number of hydrogen-bond acceptors (Lipinski definition) is 4. The van der Waals surface area contributed by atoms with E-state index in [4.69, 9.17) is 4.52 Å². The van der Waals surface area contributed by atoms with E-state index in [2.05, 4.69) is 101 Å². The maximum Gasteiger partial charge on any atom is 0.248 e. The van der Waals surface area contributed by atoms with Crippen LogP contribution in [0, 0.1) is 0 Å². The molecular formula is C25H24N3OP. The fourth-order valence-electron chi connectivity index (χ4n) is 4.31. The summed E-state index contributed by atoms with van der Waals surface area (Å²) in [5.41, 5.74) is 3.50.